The lowest BCUT2D eigenvalue weighted by Crippen LogP contribution is -2.25. The van der Waals surface area contributed by atoms with Gasteiger partial charge < -0.3 is 9.84 Å². The molecule has 1 N–H and O–H groups in total. The zero-order valence-electron chi connectivity index (χ0n) is 8.34. The molecule has 4 heteroatoms. The molecule has 0 amide bonds. The van der Waals surface area contributed by atoms with E-state index in [9.17, 15) is 9.59 Å². The molecule has 1 atom stereocenters. The van der Waals surface area contributed by atoms with Crippen LogP contribution in [0.4, 0.5) is 0 Å². The lowest BCUT2D eigenvalue weighted by molar-refractivity contribution is -0.145. The number of aliphatic carboxylic acids is 1. The molecule has 0 aliphatic heterocycles. The Balaban J connectivity index is 2.71. The number of hydrogen-bond acceptors (Lipinski definition) is 3. The molecule has 1 aromatic carbocycles. The first kappa shape index (κ1) is 11.2. The van der Waals surface area contributed by atoms with E-state index in [1.165, 1.54) is 0 Å². The van der Waals surface area contributed by atoms with E-state index >= 15 is 0 Å². The van der Waals surface area contributed by atoms with Crippen molar-refractivity contribution in [3.63, 3.8) is 0 Å². The number of ether oxygens (including phenoxy) is 1. The van der Waals surface area contributed by atoms with Gasteiger partial charge in [-0.05, 0) is 30.7 Å². The Morgan fingerprint density at radius 3 is 2.47 bits per heavy atom. The summed E-state index contributed by atoms with van der Waals surface area (Å²) >= 11 is 0. The Bertz CT molecular complexity index is 342. The average molecular weight is 208 g/mol. The van der Waals surface area contributed by atoms with Crippen molar-refractivity contribution in [1.29, 1.82) is 0 Å². The van der Waals surface area contributed by atoms with Crippen LogP contribution in [0.5, 0.6) is 5.75 Å². The summed E-state index contributed by atoms with van der Waals surface area (Å²) in [5.41, 5.74) is 0.533. The van der Waals surface area contributed by atoms with Crippen molar-refractivity contribution in [3.05, 3.63) is 29.8 Å². The fourth-order valence-corrected chi connectivity index (χ4v) is 1.10. The SMILES string of the molecule is CC[C@H](Oc1ccc(C=O)cc1)C(=O)O. The Labute approximate surface area is 87.5 Å². The molecule has 0 spiro atoms. The standard InChI is InChI=1S/C11H12O4/c1-2-10(11(13)14)15-9-5-3-8(7-12)4-6-9/h3-7,10H,2H2,1H3,(H,13,14)/t10-/m0/s1. The van der Waals surface area contributed by atoms with Crippen LogP contribution in [0.25, 0.3) is 0 Å². The second-order valence-electron chi connectivity index (χ2n) is 3.04. The van der Waals surface area contributed by atoms with E-state index in [1.54, 1.807) is 31.2 Å². The summed E-state index contributed by atoms with van der Waals surface area (Å²) in [6.45, 7) is 1.73. The van der Waals surface area contributed by atoms with Crippen LogP contribution in [0.1, 0.15) is 23.7 Å². The predicted molar refractivity (Wildman–Crippen MR) is 54.2 cm³/mol. The molecule has 0 bridgehead atoms. The van der Waals surface area contributed by atoms with Gasteiger partial charge in [-0.1, -0.05) is 6.92 Å². The summed E-state index contributed by atoms with van der Waals surface area (Å²) in [7, 11) is 0. The minimum Gasteiger partial charge on any atom is -0.479 e. The van der Waals surface area contributed by atoms with Crippen LogP contribution in [-0.4, -0.2) is 23.5 Å². The molecule has 1 aromatic rings. The summed E-state index contributed by atoms with van der Waals surface area (Å²) in [6, 6.07) is 6.32. The molecule has 0 aliphatic rings. The van der Waals surface area contributed by atoms with Crippen molar-refractivity contribution >= 4 is 12.3 Å². The maximum atomic E-state index is 10.7. The topological polar surface area (TPSA) is 63.6 Å². The first-order valence-corrected chi connectivity index (χ1v) is 4.62. The molecule has 1 rings (SSSR count). The van der Waals surface area contributed by atoms with E-state index in [0.29, 0.717) is 17.7 Å². The normalized spacial score (nSPS) is 11.8. The summed E-state index contributed by atoms with van der Waals surface area (Å²) in [4.78, 5) is 21.0. The molecule has 0 radical (unpaired) electrons. The maximum Gasteiger partial charge on any atom is 0.344 e. The van der Waals surface area contributed by atoms with E-state index in [0.717, 1.165) is 6.29 Å². The number of benzene rings is 1. The minimum atomic E-state index is -0.989. The fourth-order valence-electron chi connectivity index (χ4n) is 1.10. The maximum absolute atomic E-state index is 10.7. The van der Waals surface area contributed by atoms with E-state index in [1.807, 2.05) is 0 Å². The smallest absolute Gasteiger partial charge is 0.344 e. The van der Waals surface area contributed by atoms with Crippen molar-refractivity contribution in [2.75, 3.05) is 0 Å². The third-order valence-electron chi connectivity index (χ3n) is 1.94. The number of carbonyl (C=O) groups is 2. The molecule has 4 nitrogen and oxygen atoms in total. The number of rotatable bonds is 5. The van der Waals surface area contributed by atoms with Gasteiger partial charge in [-0.3, -0.25) is 4.79 Å². The molecule has 0 aromatic heterocycles. The Hall–Kier alpha value is -1.84. The average Bonchev–Trinajstić information content (AvgIpc) is 2.26. The molecule has 0 heterocycles. The molecule has 0 aliphatic carbocycles. The minimum absolute atomic E-state index is 0.394. The summed E-state index contributed by atoms with van der Waals surface area (Å²) < 4.78 is 5.21. The van der Waals surface area contributed by atoms with E-state index in [4.69, 9.17) is 9.84 Å². The van der Waals surface area contributed by atoms with Gasteiger partial charge in [0.25, 0.3) is 0 Å². The zero-order valence-corrected chi connectivity index (χ0v) is 8.34. The van der Waals surface area contributed by atoms with Gasteiger partial charge >= 0.3 is 5.97 Å². The summed E-state index contributed by atoms with van der Waals surface area (Å²) in [5.74, 6) is -0.535. The van der Waals surface area contributed by atoms with Crippen molar-refractivity contribution in [1.82, 2.24) is 0 Å². The first-order chi connectivity index (χ1) is 7.17. The molecule has 15 heavy (non-hydrogen) atoms. The van der Waals surface area contributed by atoms with Gasteiger partial charge in [0, 0.05) is 5.56 Å². The second-order valence-corrected chi connectivity index (χ2v) is 3.04. The molecule has 80 valence electrons. The van der Waals surface area contributed by atoms with Crippen molar-refractivity contribution < 1.29 is 19.4 Å². The van der Waals surface area contributed by atoms with Gasteiger partial charge in [0.05, 0.1) is 0 Å². The summed E-state index contributed by atoms with van der Waals surface area (Å²) in [5, 5.41) is 8.75. The number of hydrogen-bond donors (Lipinski definition) is 1. The Morgan fingerprint density at radius 2 is 2.07 bits per heavy atom. The van der Waals surface area contributed by atoms with E-state index in [-0.39, 0.29) is 0 Å². The van der Waals surface area contributed by atoms with Gasteiger partial charge in [-0.25, -0.2) is 4.79 Å². The number of carboxylic acids is 1. The predicted octanol–water partition coefficient (Wildman–Crippen LogP) is 1.74. The van der Waals surface area contributed by atoms with Crippen LogP contribution >= 0.6 is 0 Å². The van der Waals surface area contributed by atoms with Gasteiger partial charge in [-0.2, -0.15) is 0 Å². The Morgan fingerprint density at radius 1 is 1.47 bits per heavy atom. The fraction of sp³-hybridized carbons (Fsp3) is 0.273. The molecule has 0 saturated heterocycles. The molecule has 0 fully saturated rings. The van der Waals surface area contributed by atoms with E-state index < -0.39 is 12.1 Å². The lowest BCUT2D eigenvalue weighted by atomic mass is 10.2. The quantitative estimate of drug-likeness (QED) is 0.748. The van der Waals surface area contributed by atoms with Crippen LogP contribution < -0.4 is 4.74 Å². The highest BCUT2D eigenvalue weighted by Crippen LogP contribution is 2.14. The molecule has 0 unspecified atom stereocenters. The van der Waals surface area contributed by atoms with Gasteiger partial charge in [0.2, 0.25) is 0 Å². The van der Waals surface area contributed by atoms with Crippen LogP contribution in [0.3, 0.4) is 0 Å². The monoisotopic (exact) mass is 208 g/mol. The van der Waals surface area contributed by atoms with Crippen LogP contribution in [0, 0.1) is 0 Å². The van der Waals surface area contributed by atoms with Crippen molar-refractivity contribution in [3.8, 4) is 5.75 Å². The first-order valence-electron chi connectivity index (χ1n) is 4.62. The van der Waals surface area contributed by atoms with Crippen LogP contribution in [-0.2, 0) is 4.79 Å². The van der Waals surface area contributed by atoms with Crippen LogP contribution in [0.2, 0.25) is 0 Å². The highest BCUT2D eigenvalue weighted by Gasteiger charge is 2.16. The van der Waals surface area contributed by atoms with Gasteiger partial charge in [0.15, 0.2) is 6.10 Å². The van der Waals surface area contributed by atoms with E-state index in [2.05, 4.69) is 0 Å². The van der Waals surface area contributed by atoms with Crippen LogP contribution in [0.15, 0.2) is 24.3 Å². The Kier molecular flexibility index (Phi) is 3.85. The largest absolute Gasteiger partial charge is 0.479 e. The number of carboxylic acid groups (broad SMARTS) is 1. The zero-order chi connectivity index (χ0) is 11.3. The highest BCUT2D eigenvalue weighted by atomic mass is 16.5. The molecule has 0 saturated carbocycles. The number of carbonyl (C=O) groups excluding carboxylic acids is 1. The highest BCUT2D eigenvalue weighted by molar-refractivity contribution is 5.75. The lowest BCUT2D eigenvalue weighted by Gasteiger charge is -2.12. The molecular formula is C11H12O4. The third kappa shape index (κ3) is 3.09. The van der Waals surface area contributed by atoms with Crippen molar-refractivity contribution in [2.45, 2.75) is 19.4 Å². The van der Waals surface area contributed by atoms with Gasteiger partial charge in [0.1, 0.15) is 12.0 Å². The second kappa shape index (κ2) is 5.14. The number of aldehydes is 1. The van der Waals surface area contributed by atoms with Crippen molar-refractivity contribution in [2.24, 2.45) is 0 Å². The third-order valence-corrected chi connectivity index (χ3v) is 1.94. The summed E-state index contributed by atoms with van der Waals surface area (Å²) in [6.07, 6.45) is 0.273. The van der Waals surface area contributed by atoms with Gasteiger partial charge in [-0.15, -0.1) is 0 Å². The molecular weight excluding hydrogens is 196 g/mol.